The van der Waals surface area contributed by atoms with Gasteiger partial charge in [-0.15, -0.1) is 0 Å². The van der Waals surface area contributed by atoms with Crippen LogP contribution in [0.25, 0.3) is 0 Å². The standard InChI is InChI=1S/C18H25N5O2/c1-4-14-9-16(22-18(21-14)23-5-7-25-8-6-23)20-11-15-13(3)17(24)12(2)10-19-15/h9-10H,4-8,11H2,1-3H3,(H,19,24)(H,20,21,22). The first kappa shape index (κ1) is 17.4. The molecule has 0 radical (unpaired) electrons. The molecular weight excluding hydrogens is 318 g/mol. The van der Waals surface area contributed by atoms with Crippen LogP contribution in [0, 0.1) is 13.8 Å². The second kappa shape index (κ2) is 7.65. The van der Waals surface area contributed by atoms with Crippen LogP contribution >= 0.6 is 0 Å². The van der Waals surface area contributed by atoms with E-state index in [1.54, 1.807) is 6.20 Å². The van der Waals surface area contributed by atoms with E-state index in [1.807, 2.05) is 19.9 Å². The van der Waals surface area contributed by atoms with Crippen LogP contribution in [0.5, 0.6) is 0 Å². The third-order valence-corrected chi connectivity index (χ3v) is 4.48. The lowest BCUT2D eigenvalue weighted by Gasteiger charge is -2.27. The van der Waals surface area contributed by atoms with E-state index in [2.05, 4.69) is 32.1 Å². The Hall–Kier alpha value is -2.41. The van der Waals surface area contributed by atoms with Gasteiger partial charge < -0.3 is 19.9 Å². The number of aromatic nitrogens is 3. The number of hydrogen-bond donors (Lipinski definition) is 2. The second-order valence-corrected chi connectivity index (χ2v) is 6.26. The normalized spacial score (nSPS) is 14.6. The molecule has 1 aliphatic rings. The zero-order chi connectivity index (χ0) is 17.8. The molecule has 3 rings (SSSR count). The SMILES string of the molecule is CCc1cc(NCc2[nH]cc(C)c(=O)c2C)nc(N2CCOCC2)n1. The molecule has 2 aromatic rings. The number of rotatable bonds is 5. The number of nitrogens with one attached hydrogen (secondary N) is 2. The lowest BCUT2D eigenvalue weighted by atomic mass is 10.1. The van der Waals surface area contributed by atoms with Gasteiger partial charge >= 0.3 is 0 Å². The van der Waals surface area contributed by atoms with Gasteiger partial charge in [-0.1, -0.05) is 6.92 Å². The lowest BCUT2D eigenvalue weighted by Crippen LogP contribution is -2.37. The van der Waals surface area contributed by atoms with E-state index in [4.69, 9.17) is 4.74 Å². The topological polar surface area (TPSA) is 83.1 Å². The number of hydrogen-bond acceptors (Lipinski definition) is 6. The van der Waals surface area contributed by atoms with Crippen molar-refractivity contribution < 1.29 is 4.74 Å². The molecule has 0 aliphatic carbocycles. The molecule has 134 valence electrons. The van der Waals surface area contributed by atoms with Gasteiger partial charge in [0.05, 0.1) is 19.8 Å². The fraction of sp³-hybridized carbons (Fsp3) is 0.500. The highest BCUT2D eigenvalue weighted by Crippen LogP contribution is 2.16. The number of pyridine rings is 1. The Balaban J connectivity index is 1.80. The summed E-state index contributed by atoms with van der Waals surface area (Å²) in [6.45, 7) is 9.27. The van der Waals surface area contributed by atoms with Crippen LogP contribution < -0.4 is 15.6 Å². The third-order valence-electron chi connectivity index (χ3n) is 4.48. The summed E-state index contributed by atoms with van der Waals surface area (Å²) in [6.07, 6.45) is 2.60. The van der Waals surface area contributed by atoms with Gasteiger partial charge in [0, 0.05) is 47.9 Å². The summed E-state index contributed by atoms with van der Waals surface area (Å²) in [4.78, 5) is 26.7. The number of H-pyrrole nitrogens is 1. The molecule has 0 saturated carbocycles. The van der Waals surface area contributed by atoms with Crippen LogP contribution in [0.2, 0.25) is 0 Å². The van der Waals surface area contributed by atoms with Crippen molar-refractivity contribution in [1.82, 2.24) is 15.0 Å². The largest absolute Gasteiger partial charge is 0.378 e. The van der Waals surface area contributed by atoms with E-state index in [0.717, 1.165) is 53.8 Å². The molecular formula is C18H25N5O2. The van der Waals surface area contributed by atoms with Gasteiger partial charge in [-0.3, -0.25) is 4.79 Å². The maximum absolute atomic E-state index is 12.1. The van der Waals surface area contributed by atoms with E-state index < -0.39 is 0 Å². The zero-order valence-corrected chi connectivity index (χ0v) is 15.1. The van der Waals surface area contributed by atoms with E-state index in [-0.39, 0.29) is 5.43 Å². The molecule has 0 bridgehead atoms. The van der Waals surface area contributed by atoms with Crippen LogP contribution in [-0.2, 0) is 17.7 Å². The Bertz CT molecular complexity index is 797. The maximum Gasteiger partial charge on any atom is 0.227 e. The van der Waals surface area contributed by atoms with Gasteiger partial charge in [0.2, 0.25) is 5.95 Å². The fourth-order valence-electron chi connectivity index (χ4n) is 2.82. The first-order valence-corrected chi connectivity index (χ1v) is 8.70. The van der Waals surface area contributed by atoms with Crippen LogP contribution in [0.4, 0.5) is 11.8 Å². The number of morpholine rings is 1. The summed E-state index contributed by atoms with van der Waals surface area (Å²) in [7, 11) is 0. The number of aryl methyl sites for hydroxylation is 2. The number of aromatic amines is 1. The van der Waals surface area contributed by atoms with Crippen LogP contribution in [0.3, 0.4) is 0 Å². The predicted molar refractivity (Wildman–Crippen MR) is 98.3 cm³/mol. The third kappa shape index (κ3) is 3.99. The summed E-state index contributed by atoms with van der Waals surface area (Å²) in [6, 6.07) is 1.96. The van der Waals surface area contributed by atoms with Crippen molar-refractivity contribution in [3.63, 3.8) is 0 Å². The molecule has 0 amide bonds. The van der Waals surface area contributed by atoms with Crippen LogP contribution in [-0.4, -0.2) is 41.3 Å². The minimum absolute atomic E-state index is 0.0847. The molecule has 2 aromatic heterocycles. The van der Waals surface area contributed by atoms with E-state index >= 15 is 0 Å². The van der Waals surface area contributed by atoms with E-state index in [0.29, 0.717) is 19.8 Å². The predicted octanol–water partition coefficient (Wildman–Crippen LogP) is 1.79. The zero-order valence-electron chi connectivity index (χ0n) is 15.1. The van der Waals surface area contributed by atoms with Crippen molar-refractivity contribution in [1.29, 1.82) is 0 Å². The highest BCUT2D eigenvalue weighted by Gasteiger charge is 2.15. The van der Waals surface area contributed by atoms with E-state index in [1.165, 1.54) is 0 Å². The van der Waals surface area contributed by atoms with Gasteiger partial charge in [0.15, 0.2) is 5.43 Å². The molecule has 0 aromatic carbocycles. The van der Waals surface area contributed by atoms with Gasteiger partial charge in [0.25, 0.3) is 0 Å². The molecule has 25 heavy (non-hydrogen) atoms. The first-order valence-electron chi connectivity index (χ1n) is 8.70. The fourth-order valence-corrected chi connectivity index (χ4v) is 2.82. The van der Waals surface area contributed by atoms with Gasteiger partial charge in [-0.05, 0) is 20.3 Å². The van der Waals surface area contributed by atoms with Crippen molar-refractivity contribution >= 4 is 11.8 Å². The summed E-state index contributed by atoms with van der Waals surface area (Å²) in [5.41, 5.74) is 3.42. The quantitative estimate of drug-likeness (QED) is 0.861. The Morgan fingerprint density at radius 1 is 1.28 bits per heavy atom. The summed E-state index contributed by atoms with van der Waals surface area (Å²) < 4.78 is 5.40. The molecule has 2 N–H and O–H groups in total. The minimum atomic E-state index is 0.0847. The monoisotopic (exact) mass is 343 g/mol. The van der Waals surface area contributed by atoms with Crippen molar-refractivity contribution in [3.05, 3.63) is 45.0 Å². The highest BCUT2D eigenvalue weighted by atomic mass is 16.5. The van der Waals surface area contributed by atoms with Crippen molar-refractivity contribution in [2.45, 2.75) is 33.7 Å². The lowest BCUT2D eigenvalue weighted by molar-refractivity contribution is 0.122. The molecule has 1 fully saturated rings. The molecule has 7 nitrogen and oxygen atoms in total. The van der Waals surface area contributed by atoms with Gasteiger partial charge in [-0.25, -0.2) is 4.98 Å². The number of nitrogens with zero attached hydrogens (tertiary/aromatic N) is 3. The van der Waals surface area contributed by atoms with Crippen molar-refractivity contribution in [3.8, 4) is 0 Å². The Morgan fingerprint density at radius 3 is 2.76 bits per heavy atom. The number of ether oxygens (including phenoxy) is 1. The second-order valence-electron chi connectivity index (χ2n) is 6.26. The molecule has 0 spiro atoms. The van der Waals surface area contributed by atoms with Gasteiger partial charge in [-0.2, -0.15) is 4.98 Å². The summed E-state index contributed by atoms with van der Waals surface area (Å²) >= 11 is 0. The summed E-state index contributed by atoms with van der Waals surface area (Å²) in [5, 5.41) is 3.32. The highest BCUT2D eigenvalue weighted by molar-refractivity contribution is 5.44. The Kier molecular flexibility index (Phi) is 5.33. The molecule has 0 unspecified atom stereocenters. The van der Waals surface area contributed by atoms with Gasteiger partial charge in [0.1, 0.15) is 5.82 Å². The van der Waals surface area contributed by atoms with Crippen LogP contribution in [0.15, 0.2) is 17.1 Å². The molecule has 1 saturated heterocycles. The molecule has 7 heteroatoms. The average molecular weight is 343 g/mol. The average Bonchev–Trinajstić information content (AvgIpc) is 2.66. The van der Waals surface area contributed by atoms with Crippen molar-refractivity contribution in [2.75, 3.05) is 36.5 Å². The van der Waals surface area contributed by atoms with E-state index in [9.17, 15) is 4.79 Å². The maximum atomic E-state index is 12.1. The van der Waals surface area contributed by atoms with Crippen molar-refractivity contribution in [2.24, 2.45) is 0 Å². The number of anilines is 2. The van der Waals surface area contributed by atoms with Crippen LogP contribution in [0.1, 0.15) is 29.4 Å². The minimum Gasteiger partial charge on any atom is -0.378 e. The Labute approximate surface area is 147 Å². The summed E-state index contributed by atoms with van der Waals surface area (Å²) in [5.74, 6) is 1.51. The molecule has 3 heterocycles. The molecule has 1 aliphatic heterocycles. The smallest absolute Gasteiger partial charge is 0.227 e. The molecule has 0 atom stereocenters. The Morgan fingerprint density at radius 2 is 2.04 bits per heavy atom. The first-order chi connectivity index (χ1) is 12.1.